The normalized spacial score (nSPS) is 11.1. The Labute approximate surface area is 106 Å². The number of rotatable bonds is 6. The van der Waals surface area contributed by atoms with Crippen molar-refractivity contribution in [2.24, 2.45) is 5.16 Å². The summed E-state index contributed by atoms with van der Waals surface area (Å²) < 4.78 is 9.82. The Kier molecular flexibility index (Phi) is 5.70. The van der Waals surface area contributed by atoms with Crippen molar-refractivity contribution in [1.82, 2.24) is 0 Å². The minimum Gasteiger partial charge on any atom is -0.497 e. The van der Waals surface area contributed by atoms with Gasteiger partial charge in [0.1, 0.15) is 5.75 Å². The molecule has 5 nitrogen and oxygen atoms in total. The number of carbonyl (C=O) groups is 1. The molecule has 0 atom stereocenters. The second-order valence-electron chi connectivity index (χ2n) is 3.62. The zero-order valence-electron chi connectivity index (χ0n) is 10.5. The van der Waals surface area contributed by atoms with Crippen molar-refractivity contribution in [2.45, 2.75) is 19.8 Å². The summed E-state index contributed by atoms with van der Waals surface area (Å²) in [7, 11) is 1.60. The van der Waals surface area contributed by atoms with E-state index >= 15 is 0 Å². The van der Waals surface area contributed by atoms with Crippen molar-refractivity contribution in [3.8, 4) is 5.75 Å². The van der Waals surface area contributed by atoms with Crippen LogP contribution in [-0.4, -0.2) is 30.6 Å². The Morgan fingerprint density at radius 3 is 2.50 bits per heavy atom. The molecule has 0 aromatic heterocycles. The third-order valence-corrected chi connectivity index (χ3v) is 2.44. The highest BCUT2D eigenvalue weighted by molar-refractivity contribution is 6.36. The Morgan fingerprint density at radius 1 is 1.33 bits per heavy atom. The van der Waals surface area contributed by atoms with Crippen LogP contribution in [0.15, 0.2) is 29.4 Å². The smallest absolute Gasteiger partial charge is 0.356 e. The molecule has 1 aromatic carbocycles. The molecule has 0 aliphatic carbocycles. The van der Waals surface area contributed by atoms with Gasteiger partial charge in [0.05, 0.1) is 13.7 Å². The summed E-state index contributed by atoms with van der Waals surface area (Å²) in [6.07, 6.45) is 0.934. The van der Waals surface area contributed by atoms with E-state index in [4.69, 9.17) is 14.7 Å². The summed E-state index contributed by atoms with van der Waals surface area (Å²) in [6.45, 7) is 1.97. The van der Waals surface area contributed by atoms with Crippen molar-refractivity contribution in [3.63, 3.8) is 0 Å². The first kappa shape index (κ1) is 14.0. The first-order chi connectivity index (χ1) is 8.71. The molecule has 0 fully saturated rings. The van der Waals surface area contributed by atoms with Crippen LogP contribution < -0.4 is 4.74 Å². The molecule has 0 heterocycles. The van der Waals surface area contributed by atoms with Crippen LogP contribution in [0.25, 0.3) is 0 Å². The lowest BCUT2D eigenvalue weighted by Crippen LogP contribution is -2.18. The molecule has 1 aromatic rings. The fourth-order valence-corrected chi connectivity index (χ4v) is 1.46. The maximum Gasteiger partial charge on any atom is 0.356 e. The number of aryl methyl sites for hydroxylation is 1. The number of hydrogen-bond acceptors (Lipinski definition) is 5. The minimum atomic E-state index is -0.575. The van der Waals surface area contributed by atoms with Crippen LogP contribution >= 0.6 is 0 Å². The largest absolute Gasteiger partial charge is 0.497 e. The Bertz CT molecular complexity index is 412. The van der Waals surface area contributed by atoms with Gasteiger partial charge in [-0.3, -0.25) is 0 Å². The first-order valence-electron chi connectivity index (χ1n) is 5.72. The number of benzene rings is 1. The van der Waals surface area contributed by atoms with Crippen molar-refractivity contribution in [2.75, 3.05) is 13.7 Å². The number of nitrogens with zero attached hydrogens (tertiary/aromatic N) is 1. The second-order valence-corrected chi connectivity index (χ2v) is 3.62. The molecule has 0 aliphatic heterocycles. The monoisotopic (exact) mass is 251 g/mol. The summed E-state index contributed by atoms with van der Waals surface area (Å²) in [4.78, 5) is 11.4. The van der Waals surface area contributed by atoms with E-state index in [9.17, 15) is 4.79 Å². The van der Waals surface area contributed by atoms with Crippen molar-refractivity contribution in [1.29, 1.82) is 0 Å². The number of methoxy groups -OCH3 is 1. The Balaban J connectivity index is 2.54. The van der Waals surface area contributed by atoms with Gasteiger partial charge >= 0.3 is 5.97 Å². The zero-order valence-corrected chi connectivity index (χ0v) is 10.5. The van der Waals surface area contributed by atoms with E-state index in [0.717, 1.165) is 11.3 Å². The molecule has 98 valence electrons. The molecule has 0 unspecified atom stereocenters. The molecule has 0 saturated heterocycles. The van der Waals surface area contributed by atoms with Gasteiger partial charge in [0.15, 0.2) is 5.71 Å². The van der Waals surface area contributed by atoms with E-state index in [-0.39, 0.29) is 12.3 Å². The molecule has 5 heteroatoms. The van der Waals surface area contributed by atoms with Crippen LogP contribution in [0.5, 0.6) is 5.75 Å². The SMILES string of the molecule is CCOC(=O)C(CCc1ccc(OC)cc1)=NO. The molecule has 0 spiro atoms. The highest BCUT2D eigenvalue weighted by Gasteiger charge is 2.13. The average Bonchev–Trinajstić information content (AvgIpc) is 2.40. The molecule has 18 heavy (non-hydrogen) atoms. The summed E-state index contributed by atoms with van der Waals surface area (Å²) in [5.41, 5.74) is 1.06. The number of esters is 1. The van der Waals surface area contributed by atoms with E-state index < -0.39 is 5.97 Å². The van der Waals surface area contributed by atoms with Crippen LogP contribution in [0.4, 0.5) is 0 Å². The topological polar surface area (TPSA) is 68.1 Å². The lowest BCUT2D eigenvalue weighted by atomic mass is 10.1. The van der Waals surface area contributed by atoms with Crippen LogP contribution in [0.2, 0.25) is 0 Å². The van der Waals surface area contributed by atoms with Crippen LogP contribution in [0.1, 0.15) is 18.9 Å². The van der Waals surface area contributed by atoms with E-state index in [1.165, 1.54) is 0 Å². The number of ether oxygens (including phenoxy) is 2. The van der Waals surface area contributed by atoms with Gasteiger partial charge in [-0.1, -0.05) is 17.3 Å². The fourth-order valence-electron chi connectivity index (χ4n) is 1.46. The van der Waals surface area contributed by atoms with Crippen molar-refractivity contribution >= 4 is 11.7 Å². The predicted octanol–water partition coefficient (Wildman–Crippen LogP) is 2.02. The van der Waals surface area contributed by atoms with E-state index in [1.807, 2.05) is 24.3 Å². The summed E-state index contributed by atoms with van der Waals surface area (Å²) >= 11 is 0. The van der Waals surface area contributed by atoms with E-state index in [1.54, 1.807) is 14.0 Å². The molecule has 1 rings (SSSR count). The van der Waals surface area contributed by atoms with Gasteiger partial charge in [0.2, 0.25) is 0 Å². The van der Waals surface area contributed by atoms with Gasteiger partial charge in [0.25, 0.3) is 0 Å². The third kappa shape index (κ3) is 4.08. The standard InChI is InChI=1S/C13H17NO4/c1-3-18-13(15)12(14-16)9-6-10-4-7-11(17-2)8-5-10/h4-5,7-8,16H,3,6,9H2,1-2H3. The summed E-state index contributed by atoms with van der Waals surface area (Å²) in [5, 5.41) is 11.7. The van der Waals surface area contributed by atoms with Crippen LogP contribution in [0.3, 0.4) is 0 Å². The predicted molar refractivity (Wildman–Crippen MR) is 67.2 cm³/mol. The fraction of sp³-hybridized carbons (Fsp3) is 0.385. The highest BCUT2D eigenvalue weighted by atomic mass is 16.5. The van der Waals surface area contributed by atoms with E-state index in [2.05, 4.69) is 5.16 Å². The molecule has 0 saturated carbocycles. The third-order valence-electron chi connectivity index (χ3n) is 2.44. The Hall–Kier alpha value is -2.04. The maximum absolute atomic E-state index is 11.4. The van der Waals surface area contributed by atoms with Gasteiger partial charge in [-0.2, -0.15) is 0 Å². The molecule has 0 aliphatic rings. The summed E-state index contributed by atoms with van der Waals surface area (Å²) in [5.74, 6) is 0.203. The van der Waals surface area contributed by atoms with Gasteiger partial charge in [-0.25, -0.2) is 4.79 Å². The molecule has 0 radical (unpaired) electrons. The maximum atomic E-state index is 11.4. The van der Waals surface area contributed by atoms with Crippen molar-refractivity contribution in [3.05, 3.63) is 29.8 Å². The second kappa shape index (κ2) is 7.32. The van der Waals surface area contributed by atoms with Crippen LogP contribution in [0, 0.1) is 0 Å². The molecule has 1 N–H and O–H groups in total. The molecule has 0 bridgehead atoms. The number of carbonyl (C=O) groups excluding carboxylic acids is 1. The molecule has 0 amide bonds. The Morgan fingerprint density at radius 2 is 2.00 bits per heavy atom. The van der Waals surface area contributed by atoms with Gasteiger partial charge in [-0.05, 0) is 31.0 Å². The van der Waals surface area contributed by atoms with E-state index in [0.29, 0.717) is 12.8 Å². The van der Waals surface area contributed by atoms with Crippen molar-refractivity contribution < 1.29 is 19.5 Å². The zero-order chi connectivity index (χ0) is 13.4. The van der Waals surface area contributed by atoms with Crippen LogP contribution in [-0.2, 0) is 16.0 Å². The van der Waals surface area contributed by atoms with Gasteiger partial charge < -0.3 is 14.7 Å². The first-order valence-corrected chi connectivity index (χ1v) is 5.72. The van der Waals surface area contributed by atoms with Gasteiger partial charge in [0, 0.05) is 6.42 Å². The number of hydrogen-bond donors (Lipinski definition) is 1. The molecular formula is C13H17NO4. The average molecular weight is 251 g/mol. The van der Waals surface area contributed by atoms with Gasteiger partial charge in [-0.15, -0.1) is 0 Å². The highest BCUT2D eigenvalue weighted by Crippen LogP contribution is 2.13. The summed E-state index contributed by atoms with van der Waals surface area (Å²) in [6, 6.07) is 7.49. The molecular weight excluding hydrogens is 234 g/mol. The minimum absolute atomic E-state index is 0.0349. The lowest BCUT2D eigenvalue weighted by molar-refractivity contribution is -0.135. The quantitative estimate of drug-likeness (QED) is 0.363. The lowest BCUT2D eigenvalue weighted by Gasteiger charge is -2.05. The number of oxime groups is 1.